The van der Waals surface area contributed by atoms with E-state index < -0.39 is 11.6 Å². The van der Waals surface area contributed by atoms with E-state index in [-0.39, 0.29) is 11.6 Å². The quantitative estimate of drug-likeness (QED) is 0.759. The van der Waals surface area contributed by atoms with Gasteiger partial charge in [-0.3, -0.25) is 0 Å². The Hall–Kier alpha value is -1.42. The molecule has 5 heteroatoms. The third-order valence-electron chi connectivity index (χ3n) is 3.10. The Kier molecular flexibility index (Phi) is 3.39. The highest BCUT2D eigenvalue weighted by Gasteiger charge is 2.17. The summed E-state index contributed by atoms with van der Waals surface area (Å²) in [4.78, 5) is 0. The Bertz CT molecular complexity index is 582. The first-order valence-electron chi connectivity index (χ1n) is 5.52. The third-order valence-corrected chi connectivity index (χ3v) is 3.40. The molecule has 1 aromatic heterocycles. The molecule has 0 N–H and O–H groups in total. The van der Waals surface area contributed by atoms with E-state index >= 15 is 0 Å². The normalized spacial score (nSPS) is 11.0. The van der Waals surface area contributed by atoms with E-state index in [1.807, 2.05) is 13.8 Å². The minimum absolute atomic E-state index is 0.0737. The number of hydrogen-bond acceptors (Lipinski definition) is 1. The lowest BCUT2D eigenvalue weighted by atomic mass is 10.2. The van der Waals surface area contributed by atoms with Crippen molar-refractivity contribution in [1.29, 1.82) is 0 Å². The van der Waals surface area contributed by atoms with Gasteiger partial charge in [0.2, 0.25) is 0 Å². The first kappa shape index (κ1) is 13.0. The Labute approximate surface area is 109 Å². The van der Waals surface area contributed by atoms with Gasteiger partial charge in [0.05, 0.1) is 5.69 Å². The van der Waals surface area contributed by atoms with Crippen molar-refractivity contribution in [2.75, 3.05) is 0 Å². The molecule has 1 heterocycles. The summed E-state index contributed by atoms with van der Waals surface area (Å²) in [6.07, 6.45) is 0. The molecule has 0 unspecified atom stereocenters. The van der Waals surface area contributed by atoms with Crippen molar-refractivity contribution in [1.82, 2.24) is 9.78 Å². The van der Waals surface area contributed by atoms with Gasteiger partial charge in [0.1, 0.15) is 5.69 Å². The van der Waals surface area contributed by atoms with E-state index in [2.05, 4.69) is 5.10 Å². The van der Waals surface area contributed by atoms with Crippen LogP contribution < -0.4 is 0 Å². The highest BCUT2D eigenvalue weighted by atomic mass is 35.5. The molecular weight excluding hydrogens is 258 g/mol. The Morgan fingerprint density at radius 3 is 2.11 bits per heavy atom. The maximum absolute atomic E-state index is 13.9. The average molecular weight is 271 g/mol. The Balaban J connectivity index is 2.67. The molecule has 0 spiro atoms. The number of rotatable bonds is 2. The molecule has 0 radical (unpaired) electrons. The van der Waals surface area contributed by atoms with Gasteiger partial charge in [0.25, 0.3) is 0 Å². The monoisotopic (exact) mass is 270 g/mol. The van der Waals surface area contributed by atoms with Crippen molar-refractivity contribution in [2.45, 2.75) is 26.7 Å². The molecule has 0 fully saturated rings. The summed E-state index contributed by atoms with van der Waals surface area (Å²) >= 11 is 5.57. The fraction of sp³-hybridized carbons (Fsp3) is 0.308. The number of aryl methyl sites for hydroxylation is 1. The summed E-state index contributed by atoms with van der Waals surface area (Å²) in [7, 11) is 0. The van der Waals surface area contributed by atoms with Gasteiger partial charge in [-0.05, 0) is 44.0 Å². The summed E-state index contributed by atoms with van der Waals surface area (Å²) < 4.78 is 29.2. The van der Waals surface area contributed by atoms with Crippen LogP contribution in [0.4, 0.5) is 8.78 Å². The van der Waals surface area contributed by atoms with Crippen LogP contribution >= 0.6 is 11.6 Å². The van der Waals surface area contributed by atoms with Crippen molar-refractivity contribution < 1.29 is 8.78 Å². The summed E-state index contributed by atoms with van der Waals surface area (Å²) in [5.74, 6) is -1.24. The number of nitrogens with zero attached hydrogens (tertiary/aromatic N) is 2. The summed E-state index contributed by atoms with van der Waals surface area (Å²) in [5, 5.41) is 4.16. The van der Waals surface area contributed by atoms with Gasteiger partial charge in [-0.15, -0.1) is 11.6 Å². The van der Waals surface area contributed by atoms with Crippen LogP contribution in [-0.4, -0.2) is 9.78 Å². The largest absolute Gasteiger partial charge is 0.232 e. The van der Waals surface area contributed by atoms with Crippen LogP contribution in [0.1, 0.15) is 22.5 Å². The van der Waals surface area contributed by atoms with Gasteiger partial charge in [-0.2, -0.15) is 5.10 Å². The van der Waals surface area contributed by atoms with Crippen LogP contribution in [0, 0.1) is 32.4 Å². The molecule has 0 atom stereocenters. The minimum Gasteiger partial charge on any atom is -0.232 e. The number of alkyl halides is 1. The zero-order chi connectivity index (χ0) is 13.4. The van der Waals surface area contributed by atoms with Gasteiger partial charge < -0.3 is 0 Å². The van der Waals surface area contributed by atoms with Gasteiger partial charge in [-0.25, -0.2) is 13.5 Å². The molecule has 0 amide bonds. The van der Waals surface area contributed by atoms with Gasteiger partial charge in [0.15, 0.2) is 11.6 Å². The van der Waals surface area contributed by atoms with Crippen molar-refractivity contribution in [3.05, 3.63) is 46.3 Å². The van der Waals surface area contributed by atoms with Crippen molar-refractivity contribution in [2.24, 2.45) is 0 Å². The van der Waals surface area contributed by atoms with E-state index in [0.29, 0.717) is 5.56 Å². The Morgan fingerprint density at radius 2 is 1.72 bits per heavy atom. The van der Waals surface area contributed by atoms with Crippen molar-refractivity contribution in [3.63, 3.8) is 0 Å². The van der Waals surface area contributed by atoms with Crippen LogP contribution in [0.5, 0.6) is 0 Å². The fourth-order valence-corrected chi connectivity index (χ4v) is 1.99. The first-order valence-corrected chi connectivity index (χ1v) is 6.06. The summed E-state index contributed by atoms with van der Waals surface area (Å²) in [6.45, 7) is 5.46. The lowest BCUT2D eigenvalue weighted by Gasteiger charge is -2.09. The van der Waals surface area contributed by atoms with E-state index in [9.17, 15) is 8.78 Å². The molecule has 2 aromatic rings. The van der Waals surface area contributed by atoms with Crippen molar-refractivity contribution in [3.8, 4) is 5.69 Å². The highest BCUT2D eigenvalue weighted by Crippen LogP contribution is 2.23. The zero-order valence-electron chi connectivity index (χ0n) is 10.4. The second kappa shape index (κ2) is 4.69. The second-order valence-corrected chi connectivity index (χ2v) is 4.52. The maximum Gasteiger partial charge on any atom is 0.152 e. The lowest BCUT2D eigenvalue weighted by Crippen LogP contribution is -2.06. The molecule has 0 saturated heterocycles. The predicted octanol–water partition coefficient (Wildman–Crippen LogP) is 3.81. The van der Waals surface area contributed by atoms with Crippen LogP contribution in [0.2, 0.25) is 0 Å². The first-order chi connectivity index (χ1) is 8.45. The molecule has 2 rings (SSSR count). The molecule has 0 aliphatic carbocycles. The number of benzene rings is 1. The van der Waals surface area contributed by atoms with E-state index in [1.54, 1.807) is 6.92 Å². The maximum atomic E-state index is 13.9. The van der Waals surface area contributed by atoms with Crippen LogP contribution in [0.25, 0.3) is 5.69 Å². The second-order valence-electron chi connectivity index (χ2n) is 4.25. The van der Waals surface area contributed by atoms with E-state index in [1.165, 1.54) is 16.8 Å². The average Bonchev–Trinajstić information content (AvgIpc) is 2.56. The fourth-order valence-electron chi connectivity index (χ4n) is 1.84. The minimum atomic E-state index is -0.656. The van der Waals surface area contributed by atoms with Gasteiger partial charge in [0, 0.05) is 11.6 Å². The zero-order valence-corrected chi connectivity index (χ0v) is 11.1. The summed E-state index contributed by atoms with van der Waals surface area (Å²) in [5.41, 5.74) is 2.66. The topological polar surface area (TPSA) is 17.8 Å². The standard InChI is InChI=1S/C13H13ClF2N2/c1-7-8(2)17-18(9(7)3)13-11(15)4-10(6-14)5-12(13)16/h4-5H,6H2,1-3H3. The molecule has 0 aliphatic heterocycles. The van der Waals surface area contributed by atoms with E-state index in [4.69, 9.17) is 11.6 Å². The van der Waals surface area contributed by atoms with Crippen LogP contribution in [0.15, 0.2) is 12.1 Å². The Morgan fingerprint density at radius 1 is 1.17 bits per heavy atom. The number of hydrogen-bond donors (Lipinski definition) is 0. The number of aromatic nitrogens is 2. The lowest BCUT2D eigenvalue weighted by molar-refractivity contribution is 0.555. The smallest absolute Gasteiger partial charge is 0.152 e. The molecule has 0 bridgehead atoms. The molecule has 0 aliphatic rings. The van der Waals surface area contributed by atoms with Crippen LogP contribution in [0.3, 0.4) is 0 Å². The van der Waals surface area contributed by atoms with Gasteiger partial charge >= 0.3 is 0 Å². The molecular formula is C13H13ClF2N2. The SMILES string of the molecule is Cc1nn(-c2c(F)cc(CCl)cc2F)c(C)c1C. The summed E-state index contributed by atoms with van der Waals surface area (Å²) in [6, 6.07) is 2.47. The van der Waals surface area contributed by atoms with E-state index in [0.717, 1.165) is 17.0 Å². The predicted molar refractivity (Wildman–Crippen MR) is 67.2 cm³/mol. The van der Waals surface area contributed by atoms with Crippen molar-refractivity contribution >= 4 is 11.6 Å². The molecule has 96 valence electrons. The molecule has 0 saturated carbocycles. The third kappa shape index (κ3) is 2.01. The number of halogens is 3. The highest BCUT2D eigenvalue weighted by molar-refractivity contribution is 6.17. The van der Waals surface area contributed by atoms with Gasteiger partial charge in [-0.1, -0.05) is 0 Å². The molecule has 18 heavy (non-hydrogen) atoms. The van der Waals surface area contributed by atoms with Crippen LogP contribution in [-0.2, 0) is 5.88 Å². The molecule has 1 aromatic carbocycles. The molecule has 2 nitrogen and oxygen atoms in total.